The average molecular weight is 394 g/mol. The summed E-state index contributed by atoms with van der Waals surface area (Å²) in [7, 11) is 2.07. The predicted octanol–water partition coefficient (Wildman–Crippen LogP) is 5.03. The van der Waals surface area contributed by atoms with E-state index >= 15 is 0 Å². The van der Waals surface area contributed by atoms with Gasteiger partial charge in [-0.1, -0.05) is 50.1 Å². The van der Waals surface area contributed by atoms with Crippen LogP contribution in [0.4, 0.5) is 0 Å². The third-order valence-corrected chi connectivity index (χ3v) is 4.70. The van der Waals surface area contributed by atoms with E-state index in [1.54, 1.807) is 0 Å². The number of hydrogen-bond acceptors (Lipinski definition) is 1. The molecule has 0 aliphatic carbocycles. The third kappa shape index (κ3) is 2.42. The van der Waals surface area contributed by atoms with Crippen LogP contribution in [0.5, 0.6) is 0 Å². The molecule has 0 bridgehead atoms. The van der Waals surface area contributed by atoms with Crippen LogP contribution >= 0.6 is 31.9 Å². The van der Waals surface area contributed by atoms with Crippen LogP contribution in [0.1, 0.15) is 11.1 Å². The van der Waals surface area contributed by atoms with Crippen molar-refractivity contribution in [1.82, 2.24) is 9.55 Å². The molecule has 3 rings (SSSR count). The lowest BCUT2D eigenvalue weighted by Gasteiger charge is -2.07. The Morgan fingerprint density at radius 2 is 1.65 bits per heavy atom. The van der Waals surface area contributed by atoms with Gasteiger partial charge in [0.15, 0.2) is 0 Å². The molecule has 2 aromatic carbocycles. The van der Waals surface area contributed by atoms with Crippen LogP contribution in [0.15, 0.2) is 42.5 Å². The van der Waals surface area contributed by atoms with Crippen LogP contribution in [-0.2, 0) is 17.7 Å². The van der Waals surface area contributed by atoms with Gasteiger partial charge in [-0.05, 0) is 35.4 Å². The van der Waals surface area contributed by atoms with E-state index in [1.165, 1.54) is 11.1 Å². The molecule has 0 saturated heterocycles. The van der Waals surface area contributed by atoms with Crippen molar-refractivity contribution in [1.29, 1.82) is 0 Å². The van der Waals surface area contributed by atoms with Crippen LogP contribution in [0.2, 0.25) is 0 Å². The Hall–Kier alpha value is -1.13. The van der Waals surface area contributed by atoms with Gasteiger partial charge in [0.2, 0.25) is 0 Å². The number of fused-ring (bicyclic) bond motifs is 1. The Labute approximate surface area is 135 Å². The molecule has 0 aliphatic rings. The molecule has 0 amide bonds. The summed E-state index contributed by atoms with van der Waals surface area (Å²) >= 11 is 7.08. The molecule has 0 fully saturated rings. The van der Waals surface area contributed by atoms with Crippen molar-refractivity contribution in [2.45, 2.75) is 10.7 Å². The molecule has 0 atom stereocenters. The second-order valence-electron chi connectivity index (χ2n) is 4.79. The van der Waals surface area contributed by atoms with Gasteiger partial charge >= 0.3 is 0 Å². The summed E-state index contributed by atoms with van der Waals surface area (Å²) in [5.74, 6) is 1.01. The topological polar surface area (TPSA) is 17.8 Å². The number of alkyl halides is 2. The minimum atomic E-state index is 0.852. The van der Waals surface area contributed by atoms with E-state index in [4.69, 9.17) is 4.98 Å². The zero-order valence-corrected chi connectivity index (χ0v) is 14.3. The maximum atomic E-state index is 4.77. The maximum absolute atomic E-state index is 4.77. The standard InChI is InChI=1S/C16H14Br2N2/c1-20-15-5-3-2-4-14(15)19-16(20)13-7-11(9-17)6-12(8-13)10-18/h2-8H,9-10H2,1H3. The highest BCUT2D eigenvalue weighted by Crippen LogP contribution is 2.27. The first-order valence-corrected chi connectivity index (χ1v) is 8.64. The molecule has 0 radical (unpaired) electrons. The van der Waals surface area contributed by atoms with Crippen molar-refractivity contribution in [2.75, 3.05) is 0 Å². The number of halogens is 2. The smallest absolute Gasteiger partial charge is 0.140 e. The molecular formula is C16H14Br2N2. The Balaban J connectivity index is 2.22. The van der Waals surface area contributed by atoms with E-state index in [0.717, 1.165) is 33.1 Å². The van der Waals surface area contributed by atoms with Crippen molar-refractivity contribution in [3.05, 3.63) is 53.6 Å². The first-order chi connectivity index (χ1) is 9.72. The minimum Gasteiger partial charge on any atom is -0.327 e. The van der Waals surface area contributed by atoms with Gasteiger partial charge < -0.3 is 4.57 Å². The summed E-state index contributed by atoms with van der Waals surface area (Å²) < 4.78 is 2.15. The van der Waals surface area contributed by atoms with E-state index in [-0.39, 0.29) is 0 Å². The predicted molar refractivity (Wildman–Crippen MR) is 91.4 cm³/mol. The van der Waals surface area contributed by atoms with Crippen LogP contribution in [0, 0.1) is 0 Å². The molecule has 20 heavy (non-hydrogen) atoms. The molecule has 4 heteroatoms. The number of hydrogen-bond donors (Lipinski definition) is 0. The van der Waals surface area contributed by atoms with Crippen LogP contribution in [-0.4, -0.2) is 9.55 Å². The largest absolute Gasteiger partial charge is 0.327 e. The van der Waals surface area contributed by atoms with Gasteiger partial charge in [0.1, 0.15) is 5.82 Å². The zero-order chi connectivity index (χ0) is 14.1. The molecule has 0 spiro atoms. The lowest BCUT2D eigenvalue weighted by molar-refractivity contribution is 0.958. The van der Waals surface area contributed by atoms with Crippen molar-refractivity contribution in [3.63, 3.8) is 0 Å². The first-order valence-electron chi connectivity index (χ1n) is 6.39. The van der Waals surface area contributed by atoms with Gasteiger partial charge in [-0.3, -0.25) is 0 Å². The Kier molecular flexibility index (Phi) is 3.94. The van der Waals surface area contributed by atoms with Crippen LogP contribution in [0.3, 0.4) is 0 Å². The quantitative estimate of drug-likeness (QED) is 0.570. The number of para-hydroxylation sites is 2. The highest BCUT2D eigenvalue weighted by atomic mass is 79.9. The van der Waals surface area contributed by atoms with Crippen LogP contribution in [0.25, 0.3) is 22.4 Å². The Bertz CT molecular complexity index is 740. The fourth-order valence-electron chi connectivity index (χ4n) is 2.45. The number of aryl methyl sites for hydroxylation is 1. The fraction of sp³-hybridized carbons (Fsp3) is 0.188. The molecule has 0 saturated carbocycles. The maximum Gasteiger partial charge on any atom is 0.140 e. The van der Waals surface area contributed by atoms with Gasteiger partial charge in [0.05, 0.1) is 11.0 Å². The van der Waals surface area contributed by atoms with Crippen LogP contribution < -0.4 is 0 Å². The number of rotatable bonds is 3. The monoisotopic (exact) mass is 392 g/mol. The minimum absolute atomic E-state index is 0.852. The van der Waals surface area contributed by atoms with Gasteiger partial charge in [-0.2, -0.15) is 0 Å². The van der Waals surface area contributed by atoms with Crippen molar-refractivity contribution in [3.8, 4) is 11.4 Å². The summed E-state index contributed by atoms with van der Waals surface area (Å²) in [4.78, 5) is 4.77. The third-order valence-electron chi connectivity index (χ3n) is 3.41. The molecule has 2 nitrogen and oxygen atoms in total. The van der Waals surface area contributed by atoms with Crippen molar-refractivity contribution >= 4 is 42.9 Å². The summed E-state index contributed by atoms with van der Waals surface area (Å²) in [5, 5.41) is 1.70. The lowest BCUT2D eigenvalue weighted by atomic mass is 10.1. The van der Waals surface area contributed by atoms with E-state index in [2.05, 4.69) is 73.8 Å². The average Bonchev–Trinajstić information content (AvgIpc) is 2.84. The van der Waals surface area contributed by atoms with E-state index in [1.807, 2.05) is 12.1 Å². The molecule has 102 valence electrons. The molecule has 3 aromatic rings. The van der Waals surface area contributed by atoms with E-state index in [9.17, 15) is 0 Å². The van der Waals surface area contributed by atoms with Gasteiger partial charge in [-0.25, -0.2) is 4.98 Å². The first kappa shape index (κ1) is 13.8. The molecule has 0 N–H and O–H groups in total. The molecule has 1 aromatic heterocycles. The number of aromatic nitrogens is 2. The van der Waals surface area contributed by atoms with Crippen molar-refractivity contribution < 1.29 is 0 Å². The normalized spacial score (nSPS) is 11.2. The number of imidazole rings is 1. The molecule has 0 unspecified atom stereocenters. The second kappa shape index (κ2) is 5.70. The lowest BCUT2D eigenvalue weighted by Crippen LogP contribution is -1.94. The van der Waals surface area contributed by atoms with Crippen molar-refractivity contribution in [2.24, 2.45) is 7.05 Å². The van der Waals surface area contributed by atoms with Gasteiger partial charge in [0, 0.05) is 23.3 Å². The highest BCUT2D eigenvalue weighted by Gasteiger charge is 2.11. The molecule has 0 aliphatic heterocycles. The number of benzene rings is 2. The number of nitrogens with zero attached hydrogens (tertiary/aromatic N) is 2. The summed E-state index contributed by atoms with van der Waals surface area (Å²) in [5.41, 5.74) is 5.89. The fourth-order valence-corrected chi connectivity index (χ4v) is 3.10. The Morgan fingerprint density at radius 1 is 1.00 bits per heavy atom. The second-order valence-corrected chi connectivity index (χ2v) is 5.91. The highest BCUT2D eigenvalue weighted by molar-refractivity contribution is 9.08. The SMILES string of the molecule is Cn1c(-c2cc(CBr)cc(CBr)c2)nc2ccccc21. The van der Waals surface area contributed by atoms with E-state index < -0.39 is 0 Å². The zero-order valence-electron chi connectivity index (χ0n) is 11.1. The van der Waals surface area contributed by atoms with Gasteiger partial charge in [-0.15, -0.1) is 0 Å². The van der Waals surface area contributed by atoms with Gasteiger partial charge in [0.25, 0.3) is 0 Å². The summed E-state index contributed by atoms with van der Waals surface area (Å²) in [6, 6.07) is 14.8. The Morgan fingerprint density at radius 3 is 2.25 bits per heavy atom. The van der Waals surface area contributed by atoms with E-state index in [0.29, 0.717) is 0 Å². The summed E-state index contributed by atoms with van der Waals surface area (Å²) in [6.45, 7) is 0. The summed E-state index contributed by atoms with van der Waals surface area (Å²) in [6.07, 6.45) is 0. The molecular weight excluding hydrogens is 380 g/mol. The molecule has 1 heterocycles.